The van der Waals surface area contributed by atoms with Gasteiger partial charge in [-0.05, 0) is 30.2 Å². The molecule has 26 heavy (non-hydrogen) atoms. The second-order valence-corrected chi connectivity index (χ2v) is 5.61. The van der Waals surface area contributed by atoms with E-state index in [-0.39, 0.29) is 11.6 Å². The van der Waals surface area contributed by atoms with Crippen LogP contribution >= 0.6 is 0 Å². The number of hydrogen-bond donors (Lipinski definition) is 2. The second-order valence-electron chi connectivity index (χ2n) is 5.61. The largest absolute Gasteiger partial charge is 0.497 e. The van der Waals surface area contributed by atoms with E-state index in [2.05, 4.69) is 33.6 Å². The molecule has 0 aliphatic rings. The number of aryl methyl sites for hydroxylation is 1. The number of carbonyl (C=O) groups excluding carboxylic acids is 1. The van der Waals surface area contributed by atoms with E-state index < -0.39 is 0 Å². The van der Waals surface area contributed by atoms with E-state index in [4.69, 9.17) is 4.74 Å². The minimum atomic E-state index is -0.328. The minimum Gasteiger partial charge on any atom is -0.497 e. The number of amides is 1. The first kappa shape index (κ1) is 17.4. The van der Waals surface area contributed by atoms with Crippen molar-refractivity contribution in [3.63, 3.8) is 0 Å². The molecule has 1 amide bonds. The predicted octanol–water partition coefficient (Wildman–Crippen LogP) is 4.04. The highest BCUT2D eigenvalue weighted by Gasteiger charge is 2.09. The van der Waals surface area contributed by atoms with E-state index in [1.807, 2.05) is 24.3 Å². The Balaban J connectivity index is 1.69. The molecule has 0 fully saturated rings. The zero-order valence-electron chi connectivity index (χ0n) is 14.7. The second kappa shape index (κ2) is 8.11. The van der Waals surface area contributed by atoms with Crippen LogP contribution in [0.1, 0.15) is 23.0 Å². The van der Waals surface area contributed by atoms with Crippen LogP contribution in [0, 0.1) is 0 Å². The molecule has 0 aliphatic carbocycles. The molecule has 6 nitrogen and oxygen atoms in total. The number of nitrogens with zero attached hydrogens (tertiary/aromatic N) is 2. The SMILES string of the molecule is CCc1ccccc1Nc1cnc(C(=O)Nc2cccc(OC)c2)cn1. The van der Waals surface area contributed by atoms with E-state index in [0.717, 1.165) is 12.1 Å². The van der Waals surface area contributed by atoms with E-state index in [1.165, 1.54) is 11.8 Å². The van der Waals surface area contributed by atoms with Crippen molar-refractivity contribution in [1.82, 2.24) is 9.97 Å². The summed E-state index contributed by atoms with van der Waals surface area (Å²) in [5.41, 5.74) is 3.05. The fourth-order valence-electron chi connectivity index (χ4n) is 2.49. The predicted molar refractivity (Wildman–Crippen MR) is 102 cm³/mol. The van der Waals surface area contributed by atoms with Gasteiger partial charge in [-0.15, -0.1) is 0 Å². The number of methoxy groups -OCH3 is 1. The molecule has 1 aromatic heterocycles. The summed E-state index contributed by atoms with van der Waals surface area (Å²) in [4.78, 5) is 20.8. The van der Waals surface area contributed by atoms with Gasteiger partial charge in [0, 0.05) is 17.4 Å². The first-order valence-corrected chi connectivity index (χ1v) is 8.32. The molecular weight excluding hydrogens is 328 g/mol. The first-order valence-electron chi connectivity index (χ1n) is 8.32. The maximum absolute atomic E-state index is 12.3. The van der Waals surface area contributed by atoms with Gasteiger partial charge in [0.2, 0.25) is 0 Å². The molecule has 3 aromatic rings. The van der Waals surface area contributed by atoms with Gasteiger partial charge < -0.3 is 15.4 Å². The Morgan fingerprint density at radius 3 is 2.65 bits per heavy atom. The molecule has 0 bridgehead atoms. The number of benzene rings is 2. The third-order valence-electron chi connectivity index (χ3n) is 3.87. The smallest absolute Gasteiger partial charge is 0.275 e. The third kappa shape index (κ3) is 4.16. The lowest BCUT2D eigenvalue weighted by molar-refractivity contribution is 0.102. The molecule has 0 atom stereocenters. The quantitative estimate of drug-likeness (QED) is 0.703. The van der Waals surface area contributed by atoms with Gasteiger partial charge in [0.25, 0.3) is 5.91 Å². The Morgan fingerprint density at radius 1 is 1.08 bits per heavy atom. The maximum Gasteiger partial charge on any atom is 0.275 e. The average Bonchev–Trinajstić information content (AvgIpc) is 2.69. The van der Waals surface area contributed by atoms with E-state index in [1.54, 1.807) is 31.5 Å². The van der Waals surface area contributed by atoms with E-state index in [0.29, 0.717) is 17.3 Å². The average molecular weight is 348 g/mol. The van der Waals surface area contributed by atoms with Gasteiger partial charge >= 0.3 is 0 Å². The molecular formula is C20H20N4O2. The van der Waals surface area contributed by atoms with Gasteiger partial charge in [0.15, 0.2) is 0 Å². The lowest BCUT2D eigenvalue weighted by atomic mass is 10.1. The molecule has 2 aromatic carbocycles. The summed E-state index contributed by atoms with van der Waals surface area (Å²) in [7, 11) is 1.58. The summed E-state index contributed by atoms with van der Waals surface area (Å²) in [6, 6.07) is 15.2. The Kier molecular flexibility index (Phi) is 5.43. The fourth-order valence-corrected chi connectivity index (χ4v) is 2.49. The van der Waals surface area contributed by atoms with Crippen molar-refractivity contribution in [2.45, 2.75) is 13.3 Å². The summed E-state index contributed by atoms with van der Waals surface area (Å²) >= 11 is 0. The summed E-state index contributed by atoms with van der Waals surface area (Å²) in [6.07, 6.45) is 3.91. The number of rotatable bonds is 6. The van der Waals surface area contributed by atoms with Crippen molar-refractivity contribution in [1.29, 1.82) is 0 Å². The molecule has 0 saturated heterocycles. The molecule has 1 heterocycles. The van der Waals surface area contributed by atoms with Crippen molar-refractivity contribution in [3.8, 4) is 5.75 Å². The minimum absolute atomic E-state index is 0.238. The Bertz CT molecular complexity index is 894. The van der Waals surface area contributed by atoms with Gasteiger partial charge in [-0.3, -0.25) is 4.79 Å². The number of para-hydroxylation sites is 1. The number of carbonyl (C=O) groups is 1. The highest BCUT2D eigenvalue weighted by atomic mass is 16.5. The Morgan fingerprint density at radius 2 is 1.92 bits per heavy atom. The van der Waals surface area contributed by atoms with Gasteiger partial charge in [-0.2, -0.15) is 0 Å². The number of nitrogens with one attached hydrogen (secondary N) is 2. The molecule has 0 unspecified atom stereocenters. The van der Waals surface area contributed by atoms with Crippen LogP contribution in [0.4, 0.5) is 17.2 Å². The van der Waals surface area contributed by atoms with Crippen LogP contribution in [0.25, 0.3) is 0 Å². The molecule has 0 spiro atoms. The van der Waals surface area contributed by atoms with Gasteiger partial charge in [-0.1, -0.05) is 31.2 Å². The van der Waals surface area contributed by atoms with Crippen molar-refractivity contribution in [2.24, 2.45) is 0 Å². The maximum atomic E-state index is 12.3. The highest BCUT2D eigenvalue weighted by molar-refractivity contribution is 6.02. The number of ether oxygens (including phenoxy) is 1. The molecule has 0 saturated carbocycles. The Labute approximate surface area is 152 Å². The third-order valence-corrected chi connectivity index (χ3v) is 3.87. The van der Waals surface area contributed by atoms with Crippen LogP contribution in [0.5, 0.6) is 5.75 Å². The molecule has 6 heteroatoms. The van der Waals surface area contributed by atoms with E-state index in [9.17, 15) is 4.79 Å². The zero-order chi connectivity index (χ0) is 18.4. The first-order chi connectivity index (χ1) is 12.7. The van der Waals surface area contributed by atoms with Gasteiger partial charge in [0.05, 0.1) is 19.5 Å². The van der Waals surface area contributed by atoms with Crippen LogP contribution in [0.2, 0.25) is 0 Å². The lowest BCUT2D eigenvalue weighted by Crippen LogP contribution is -2.14. The van der Waals surface area contributed by atoms with Crippen molar-refractivity contribution >= 4 is 23.1 Å². The summed E-state index contributed by atoms with van der Waals surface area (Å²) in [5, 5.41) is 6.01. The Hall–Kier alpha value is -3.41. The lowest BCUT2D eigenvalue weighted by Gasteiger charge is -2.10. The highest BCUT2D eigenvalue weighted by Crippen LogP contribution is 2.20. The van der Waals surface area contributed by atoms with Gasteiger partial charge in [0.1, 0.15) is 17.3 Å². The normalized spacial score (nSPS) is 10.2. The number of hydrogen-bond acceptors (Lipinski definition) is 5. The fraction of sp³-hybridized carbons (Fsp3) is 0.150. The van der Waals surface area contributed by atoms with Crippen LogP contribution in [0.15, 0.2) is 60.9 Å². The van der Waals surface area contributed by atoms with Crippen LogP contribution in [-0.4, -0.2) is 23.0 Å². The van der Waals surface area contributed by atoms with Crippen molar-refractivity contribution in [2.75, 3.05) is 17.7 Å². The van der Waals surface area contributed by atoms with Crippen molar-refractivity contribution < 1.29 is 9.53 Å². The molecule has 3 rings (SSSR count). The van der Waals surface area contributed by atoms with E-state index >= 15 is 0 Å². The summed E-state index contributed by atoms with van der Waals surface area (Å²) in [5.74, 6) is 0.929. The molecule has 132 valence electrons. The van der Waals surface area contributed by atoms with Crippen molar-refractivity contribution in [3.05, 3.63) is 72.2 Å². The standard InChI is InChI=1S/C20H20N4O2/c1-3-14-7-4-5-10-17(14)24-19-13-21-18(12-22-19)20(25)23-15-8-6-9-16(11-15)26-2/h4-13H,3H2,1-2H3,(H,22,24)(H,23,25). The zero-order valence-corrected chi connectivity index (χ0v) is 14.7. The molecule has 0 radical (unpaired) electrons. The number of aromatic nitrogens is 2. The molecule has 0 aliphatic heterocycles. The summed E-state index contributed by atoms with van der Waals surface area (Å²) in [6.45, 7) is 2.10. The van der Waals surface area contributed by atoms with Gasteiger partial charge in [-0.25, -0.2) is 9.97 Å². The summed E-state index contributed by atoms with van der Waals surface area (Å²) < 4.78 is 5.15. The van der Waals surface area contributed by atoms with Crippen LogP contribution in [-0.2, 0) is 6.42 Å². The van der Waals surface area contributed by atoms with Crippen LogP contribution in [0.3, 0.4) is 0 Å². The van der Waals surface area contributed by atoms with Crippen LogP contribution < -0.4 is 15.4 Å². The molecule has 2 N–H and O–H groups in total. The number of anilines is 3. The topological polar surface area (TPSA) is 76.1 Å². The monoisotopic (exact) mass is 348 g/mol.